The van der Waals surface area contributed by atoms with Gasteiger partial charge in [-0.1, -0.05) is 13.3 Å². The zero-order valence-electron chi connectivity index (χ0n) is 12.6. The third-order valence-electron chi connectivity index (χ3n) is 5.35. The van der Waals surface area contributed by atoms with Gasteiger partial charge in [0.25, 0.3) is 0 Å². The van der Waals surface area contributed by atoms with Crippen LogP contribution in [0.1, 0.15) is 39.5 Å². The lowest BCUT2D eigenvalue weighted by atomic mass is 9.86. The van der Waals surface area contributed by atoms with Crippen molar-refractivity contribution < 1.29 is 5.11 Å². The fourth-order valence-corrected chi connectivity index (χ4v) is 3.89. The van der Waals surface area contributed by atoms with Crippen LogP contribution in [0.5, 0.6) is 0 Å². The Morgan fingerprint density at radius 3 is 2.79 bits per heavy atom. The summed E-state index contributed by atoms with van der Waals surface area (Å²) in [5, 5.41) is 9.50. The average Bonchev–Trinajstić information content (AvgIpc) is 2.78. The van der Waals surface area contributed by atoms with E-state index >= 15 is 0 Å². The van der Waals surface area contributed by atoms with Gasteiger partial charge in [-0.25, -0.2) is 0 Å². The van der Waals surface area contributed by atoms with E-state index in [1.165, 1.54) is 32.5 Å². The number of rotatable bonds is 5. The Morgan fingerprint density at radius 2 is 2.16 bits per heavy atom. The lowest BCUT2D eigenvalue weighted by Crippen LogP contribution is -2.53. The monoisotopic (exact) mass is 269 g/mol. The van der Waals surface area contributed by atoms with Crippen LogP contribution < -0.4 is 5.73 Å². The van der Waals surface area contributed by atoms with Crippen molar-refractivity contribution >= 4 is 0 Å². The Kier molecular flexibility index (Phi) is 5.23. The molecule has 0 amide bonds. The Morgan fingerprint density at radius 1 is 1.37 bits per heavy atom. The minimum atomic E-state index is -0.295. The van der Waals surface area contributed by atoms with Gasteiger partial charge in [-0.05, 0) is 45.2 Å². The van der Waals surface area contributed by atoms with Gasteiger partial charge in [-0.15, -0.1) is 0 Å². The molecule has 3 unspecified atom stereocenters. The van der Waals surface area contributed by atoms with Crippen LogP contribution in [-0.2, 0) is 0 Å². The number of aliphatic hydroxyl groups excluding tert-OH is 1. The summed E-state index contributed by atoms with van der Waals surface area (Å²) in [5.41, 5.74) is 6.02. The van der Waals surface area contributed by atoms with E-state index in [1.54, 1.807) is 0 Å². The first-order valence-electron chi connectivity index (χ1n) is 7.95. The summed E-state index contributed by atoms with van der Waals surface area (Å²) in [6.45, 7) is 10.6. The lowest BCUT2D eigenvalue weighted by molar-refractivity contribution is 0.0773. The predicted molar refractivity (Wildman–Crippen MR) is 79.1 cm³/mol. The molecular formula is C15H31N3O. The average molecular weight is 269 g/mol. The van der Waals surface area contributed by atoms with Gasteiger partial charge < -0.3 is 15.7 Å². The number of likely N-dealkylation sites (N-methyl/N-ethyl adjacent to an activating group) is 1. The van der Waals surface area contributed by atoms with Gasteiger partial charge in [0, 0.05) is 31.2 Å². The summed E-state index contributed by atoms with van der Waals surface area (Å²) in [4.78, 5) is 5.12. The Bertz CT molecular complexity index is 287. The normalized spacial score (nSPS) is 37.9. The van der Waals surface area contributed by atoms with E-state index in [-0.39, 0.29) is 12.1 Å². The second-order valence-electron chi connectivity index (χ2n) is 6.55. The highest BCUT2D eigenvalue weighted by Crippen LogP contribution is 2.35. The molecule has 4 nitrogen and oxygen atoms in total. The molecule has 1 saturated heterocycles. The number of aliphatic hydroxyl groups is 1. The molecule has 19 heavy (non-hydrogen) atoms. The minimum Gasteiger partial charge on any atom is -0.394 e. The third kappa shape index (κ3) is 3.48. The van der Waals surface area contributed by atoms with E-state index in [9.17, 15) is 5.11 Å². The largest absolute Gasteiger partial charge is 0.394 e. The molecule has 3 N–H and O–H groups in total. The molecule has 2 fully saturated rings. The summed E-state index contributed by atoms with van der Waals surface area (Å²) in [6.07, 6.45) is 4.52. The number of hydrogen-bond donors (Lipinski definition) is 2. The standard InChI is InChI=1S/C15H31N3O/c1-3-18-10-9-17(11-13(18)2)8-6-14-5-4-7-15(14,16)12-19/h13-14,19H,3-12,16H2,1-2H3. The van der Waals surface area contributed by atoms with Crippen LogP contribution in [-0.4, -0.2) is 65.8 Å². The molecule has 1 heterocycles. The molecule has 0 aromatic heterocycles. The first kappa shape index (κ1) is 15.2. The highest BCUT2D eigenvalue weighted by Gasteiger charge is 2.38. The maximum absolute atomic E-state index is 9.50. The van der Waals surface area contributed by atoms with Crippen molar-refractivity contribution in [3.8, 4) is 0 Å². The van der Waals surface area contributed by atoms with Gasteiger partial charge in [0.05, 0.1) is 6.61 Å². The van der Waals surface area contributed by atoms with E-state index in [0.717, 1.165) is 25.9 Å². The van der Waals surface area contributed by atoms with Crippen molar-refractivity contribution in [2.45, 2.75) is 51.1 Å². The van der Waals surface area contributed by atoms with Gasteiger partial charge in [0.1, 0.15) is 0 Å². The smallest absolute Gasteiger partial charge is 0.0613 e. The molecule has 0 spiro atoms. The summed E-state index contributed by atoms with van der Waals surface area (Å²) in [6, 6.07) is 0.669. The molecule has 1 aliphatic heterocycles. The molecule has 0 bridgehead atoms. The van der Waals surface area contributed by atoms with E-state index in [4.69, 9.17) is 5.73 Å². The molecule has 112 valence electrons. The van der Waals surface area contributed by atoms with Gasteiger partial charge in [0.2, 0.25) is 0 Å². The molecule has 3 atom stereocenters. The topological polar surface area (TPSA) is 52.7 Å². The lowest BCUT2D eigenvalue weighted by Gasteiger charge is -2.40. The molecule has 0 aromatic carbocycles. The minimum absolute atomic E-state index is 0.150. The van der Waals surface area contributed by atoms with Gasteiger partial charge >= 0.3 is 0 Å². The molecule has 1 saturated carbocycles. The second kappa shape index (κ2) is 6.53. The molecule has 0 radical (unpaired) electrons. The maximum atomic E-state index is 9.50. The van der Waals surface area contributed by atoms with E-state index < -0.39 is 0 Å². The quantitative estimate of drug-likeness (QED) is 0.778. The molecular weight excluding hydrogens is 238 g/mol. The highest BCUT2D eigenvalue weighted by molar-refractivity contribution is 4.96. The Labute approximate surface area is 117 Å². The molecule has 1 aliphatic carbocycles. The SMILES string of the molecule is CCN1CCN(CCC2CCCC2(N)CO)CC1C. The second-order valence-corrected chi connectivity index (χ2v) is 6.55. The van der Waals surface area contributed by atoms with Gasteiger partial charge in [-0.3, -0.25) is 4.90 Å². The van der Waals surface area contributed by atoms with Crippen LogP contribution in [0.4, 0.5) is 0 Å². The third-order valence-corrected chi connectivity index (χ3v) is 5.35. The predicted octanol–water partition coefficient (Wildman–Crippen LogP) is 0.892. The number of hydrogen-bond acceptors (Lipinski definition) is 4. The van der Waals surface area contributed by atoms with Crippen LogP contribution in [0, 0.1) is 5.92 Å². The first-order chi connectivity index (χ1) is 9.09. The van der Waals surface area contributed by atoms with Crippen molar-refractivity contribution in [3.05, 3.63) is 0 Å². The van der Waals surface area contributed by atoms with Crippen molar-refractivity contribution in [2.24, 2.45) is 11.7 Å². The Balaban J connectivity index is 1.77. The fourth-order valence-electron chi connectivity index (χ4n) is 3.89. The van der Waals surface area contributed by atoms with Crippen LogP contribution in [0.25, 0.3) is 0 Å². The van der Waals surface area contributed by atoms with E-state index in [1.807, 2.05) is 0 Å². The molecule has 2 rings (SSSR count). The van der Waals surface area contributed by atoms with E-state index in [2.05, 4.69) is 23.6 Å². The molecule has 2 aliphatic rings. The van der Waals surface area contributed by atoms with E-state index in [0.29, 0.717) is 12.0 Å². The number of piperazine rings is 1. The first-order valence-corrected chi connectivity index (χ1v) is 7.95. The van der Waals surface area contributed by atoms with Crippen LogP contribution in [0.15, 0.2) is 0 Å². The summed E-state index contributed by atoms with van der Waals surface area (Å²) in [5.74, 6) is 0.511. The zero-order valence-corrected chi connectivity index (χ0v) is 12.6. The van der Waals surface area contributed by atoms with Crippen molar-refractivity contribution in [1.29, 1.82) is 0 Å². The number of nitrogens with zero attached hydrogens (tertiary/aromatic N) is 2. The van der Waals surface area contributed by atoms with Crippen LogP contribution in [0.3, 0.4) is 0 Å². The summed E-state index contributed by atoms with van der Waals surface area (Å²) >= 11 is 0. The zero-order chi connectivity index (χ0) is 13.9. The summed E-state index contributed by atoms with van der Waals surface area (Å²) < 4.78 is 0. The molecule has 4 heteroatoms. The van der Waals surface area contributed by atoms with Crippen molar-refractivity contribution in [2.75, 3.05) is 39.3 Å². The fraction of sp³-hybridized carbons (Fsp3) is 1.00. The number of nitrogens with two attached hydrogens (primary N) is 1. The van der Waals surface area contributed by atoms with Crippen molar-refractivity contribution in [3.63, 3.8) is 0 Å². The maximum Gasteiger partial charge on any atom is 0.0613 e. The van der Waals surface area contributed by atoms with Gasteiger partial charge in [0.15, 0.2) is 0 Å². The summed E-state index contributed by atoms with van der Waals surface area (Å²) in [7, 11) is 0. The van der Waals surface area contributed by atoms with Crippen molar-refractivity contribution in [1.82, 2.24) is 9.80 Å². The van der Waals surface area contributed by atoms with Crippen LogP contribution >= 0.6 is 0 Å². The highest BCUT2D eigenvalue weighted by atomic mass is 16.3. The van der Waals surface area contributed by atoms with Gasteiger partial charge in [-0.2, -0.15) is 0 Å². The Hall–Kier alpha value is -0.160. The van der Waals surface area contributed by atoms with Crippen LogP contribution in [0.2, 0.25) is 0 Å². The molecule has 0 aromatic rings.